The molecule has 0 bridgehead atoms. The molecule has 0 unspecified atom stereocenters. The lowest BCUT2D eigenvalue weighted by atomic mass is 10.2. The van der Waals surface area contributed by atoms with E-state index in [1.807, 2.05) is 0 Å². The van der Waals surface area contributed by atoms with Crippen molar-refractivity contribution in [1.82, 2.24) is 10.1 Å². The maximum absolute atomic E-state index is 12.4. The molecule has 0 radical (unpaired) electrons. The zero-order chi connectivity index (χ0) is 16.7. The van der Waals surface area contributed by atoms with Crippen molar-refractivity contribution < 1.29 is 26.1 Å². The second-order valence-corrected chi connectivity index (χ2v) is 7.08. The molecule has 1 fully saturated rings. The summed E-state index contributed by atoms with van der Waals surface area (Å²) < 4.78 is 66.8. The zero-order valence-electron chi connectivity index (χ0n) is 11.7. The lowest BCUT2D eigenvalue weighted by Crippen LogP contribution is -2.37. The topological polar surface area (TPSA) is 76.3 Å². The smallest absolute Gasteiger partial charge is 0.329 e. The first kappa shape index (κ1) is 15.8. The van der Waals surface area contributed by atoms with Gasteiger partial charge in [-0.05, 0) is 37.1 Å². The van der Waals surface area contributed by atoms with E-state index in [0.717, 1.165) is 6.42 Å². The fraction of sp³-hybridized carbons (Fsp3) is 0.385. The Hall–Kier alpha value is -2.10. The summed E-state index contributed by atoms with van der Waals surface area (Å²) in [6.07, 6.45) is -3.31. The second-order valence-electron chi connectivity index (χ2n) is 5.06. The fourth-order valence-corrected chi connectivity index (χ4v) is 3.95. The number of alkyl halides is 3. The molecule has 1 aromatic carbocycles. The summed E-state index contributed by atoms with van der Waals surface area (Å²) >= 11 is 0. The molecule has 0 atom stereocenters. The molecule has 23 heavy (non-hydrogen) atoms. The number of hydrogen-bond donors (Lipinski definition) is 0. The molecule has 124 valence electrons. The Bertz CT molecular complexity index is 800. The monoisotopic (exact) mass is 347 g/mol. The Labute approximate surface area is 130 Å². The summed E-state index contributed by atoms with van der Waals surface area (Å²) in [5, 5.41) is 3.29. The van der Waals surface area contributed by atoms with E-state index in [2.05, 4.69) is 14.7 Å². The maximum Gasteiger partial charge on any atom is 0.471 e. The molecule has 2 aromatic rings. The van der Waals surface area contributed by atoms with E-state index in [4.69, 9.17) is 0 Å². The van der Waals surface area contributed by atoms with Crippen molar-refractivity contribution >= 4 is 15.7 Å². The number of rotatable bonds is 2. The summed E-state index contributed by atoms with van der Waals surface area (Å²) in [5.41, 5.74) is 0.774. The van der Waals surface area contributed by atoms with Crippen LogP contribution in [0.5, 0.6) is 0 Å². The van der Waals surface area contributed by atoms with Crippen LogP contribution in [-0.2, 0) is 16.2 Å². The lowest BCUT2D eigenvalue weighted by Gasteiger charge is -2.28. The maximum atomic E-state index is 12.4. The van der Waals surface area contributed by atoms with Gasteiger partial charge >= 0.3 is 12.1 Å². The largest absolute Gasteiger partial charge is 0.471 e. The molecule has 3 rings (SSSR count). The van der Waals surface area contributed by atoms with E-state index < -0.39 is 22.1 Å². The molecule has 10 heteroatoms. The van der Waals surface area contributed by atoms with Gasteiger partial charge in [-0.3, -0.25) is 4.31 Å². The molecule has 1 aromatic heterocycles. The van der Waals surface area contributed by atoms with Gasteiger partial charge in [-0.15, -0.1) is 0 Å². The van der Waals surface area contributed by atoms with Crippen LogP contribution in [0.1, 0.15) is 18.7 Å². The third-order valence-corrected chi connectivity index (χ3v) is 5.30. The van der Waals surface area contributed by atoms with Crippen molar-refractivity contribution in [2.75, 3.05) is 16.6 Å². The molecular formula is C13H12F3N3O3S. The van der Waals surface area contributed by atoms with Crippen molar-refractivity contribution in [2.24, 2.45) is 0 Å². The first-order chi connectivity index (χ1) is 10.8. The van der Waals surface area contributed by atoms with Gasteiger partial charge in [0.15, 0.2) is 0 Å². The zero-order valence-corrected chi connectivity index (χ0v) is 12.6. The number of sulfonamides is 1. The molecule has 0 N–H and O–H groups in total. The van der Waals surface area contributed by atoms with Crippen LogP contribution in [-0.4, -0.2) is 30.9 Å². The Morgan fingerprint density at radius 1 is 1.13 bits per heavy atom. The average molecular weight is 347 g/mol. The number of benzene rings is 1. The standard InChI is InChI=1S/C13H12F3N3O3S/c14-13(15,16)12-17-11(18-22-12)9-3-5-10(6-4-9)19-7-1-2-8-23(19,20)21/h3-6H,1-2,7-8H2. The normalized spacial score (nSPS) is 18.1. The van der Waals surface area contributed by atoms with Gasteiger partial charge in [0, 0.05) is 12.1 Å². The minimum Gasteiger partial charge on any atom is -0.329 e. The van der Waals surface area contributed by atoms with Crippen LogP contribution >= 0.6 is 0 Å². The summed E-state index contributed by atoms with van der Waals surface area (Å²) in [4.78, 5) is 3.29. The molecule has 1 aliphatic heterocycles. The summed E-state index contributed by atoms with van der Waals surface area (Å²) in [6, 6.07) is 5.96. The first-order valence-electron chi connectivity index (χ1n) is 6.79. The van der Waals surface area contributed by atoms with Crippen molar-refractivity contribution in [1.29, 1.82) is 0 Å². The highest BCUT2D eigenvalue weighted by Gasteiger charge is 2.38. The van der Waals surface area contributed by atoms with Crippen LogP contribution in [0, 0.1) is 0 Å². The first-order valence-corrected chi connectivity index (χ1v) is 8.40. The van der Waals surface area contributed by atoms with Crippen LogP contribution in [0.4, 0.5) is 18.9 Å². The summed E-state index contributed by atoms with van der Waals surface area (Å²) in [7, 11) is -3.33. The lowest BCUT2D eigenvalue weighted by molar-refractivity contribution is -0.159. The van der Waals surface area contributed by atoms with Gasteiger partial charge in [-0.25, -0.2) is 8.42 Å². The Morgan fingerprint density at radius 2 is 1.83 bits per heavy atom. The quantitative estimate of drug-likeness (QED) is 0.835. The van der Waals surface area contributed by atoms with Gasteiger partial charge in [0.1, 0.15) is 0 Å². The second kappa shape index (κ2) is 5.52. The van der Waals surface area contributed by atoms with Crippen molar-refractivity contribution in [2.45, 2.75) is 19.0 Å². The fourth-order valence-electron chi connectivity index (χ4n) is 2.31. The van der Waals surface area contributed by atoms with Gasteiger partial charge in [-0.2, -0.15) is 18.2 Å². The van der Waals surface area contributed by atoms with Crippen LogP contribution in [0.25, 0.3) is 11.4 Å². The number of nitrogens with zero attached hydrogens (tertiary/aromatic N) is 3. The number of aromatic nitrogens is 2. The Morgan fingerprint density at radius 3 is 2.39 bits per heavy atom. The van der Waals surface area contributed by atoms with Gasteiger partial charge in [0.2, 0.25) is 15.8 Å². The highest BCUT2D eigenvalue weighted by atomic mass is 32.2. The number of halogens is 3. The van der Waals surface area contributed by atoms with E-state index >= 15 is 0 Å². The molecule has 0 spiro atoms. The number of hydrogen-bond acceptors (Lipinski definition) is 5. The highest BCUT2D eigenvalue weighted by Crippen LogP contribution is 2.30. The minimum atomic E-state index is -4.70. The van der Waals surface area contributed by atoms with Gasteiger partial charge in [0.05, 0.1) is 11.4 Å². The van der Waals surface area contributed by atoms with Crippen molar-refractivity contribution in [3.8, 4) is 11.4 Å². The molecule has 0 aliphatic carbocycles. The predicted molar refractivity (Wildman–Crippen MR) is 75.1 cm³/mol. The molecule has 1 aliphatic rings. The van der Waals surface area contributed by atoms with E-state index in [1.54, 1.807) is 0 Å². The van der Waals surface area contributed by atoms with Crippen molar-refractivity contribution in [3.05, 3.63) is 30.2 Å². The van der Waals surface area contributed by atoms with Crippen LogP contribution in [0.2, 0.25) is 0 Å². The van der Waals surface area contributed by atoms with Crippen LogP contribution in [0.15, 0.2) is 28.8 Å². The predicted octanol–water partition coefficient (Wildman–Crippen LogP) is 2.69. The summed E-state index contributed by atoms with van der Waals surface area (Å²) in [5.74, 6) is -1.53. The minimum absolute atomic E-state index is 0.0918. The van der Waals surface area contributed by atoms with Gasteiger partial charge in [0.25, 0.3) is 0 Å². The SMILES string of the molecule is O=S1(=O)CCCCN1c1ccc(-c2noc(C(F)(F)F)n2)cc1. The summed E-state index contributed by atoms with van der Waals surface area (Å²) in [6.45, 7) is 0.391. The molecular weight excluding hydrogens is 335 g/mol. The number of anilines is 1. The van der Waals surface area contributed by atoms with E-state index in [0.29, 0.717) is 24.2 Å². The third kappa shape index (κ3) is 3.16. The molecule has 2 heterocycles. The Kier molecular flexibility index (Phi) is 3.78. The molecule has 6 nitrogen and oxygen atoms in total. The third-order valence-electron chi connectivity index (χ3n) is 3.43. The highest BCUT2D eigenvalue weighted by molar-refractivity contribution is 7.92. The van der Waals surface area contributed by atoms with E-state index in [1.165, 1.54) is 28.6 Å². The van der Waals surface area contributed by atoms with Crippen LogP contribution < -0.4 is 4.31 Å². The molecule has 0 amide bonds. The van der Waals surface area contributed by atoms with E-state index in [9.17, 15) is 21.6 Å². The molecule has 0 saturated carbocycles. The van der Waals surface area contributed by atoms with E-state index in [-0.39, 0.29) is 11.6 Å². The molecule has 1 saturated heterocycles. The van der Waals surface area contributed by atoms with Crippen molar-refractivity contribution in [3.63, 3.8) is 0 Å². The Balaban J connectivity index is 1.86. The van der Waals surface area contributed by atoms with Gasteiger partial charge in [-0.1, -0.05) is 5.16 Å². The van der Waals surface area contributed by atoms with Gasteiger partial charge < -0.3 is 4.52 Å². The average Bonchev–Trinajstić information content (AvgIpc) is 2.97. The van der Waals surface area contributed by atoms with Crippen LogP contribution in [0.3, 0.4) is 0 Å².